The molecule has 1 atom stereocenters. The second-order valence-corrected chi connectivity index (χ2v) is 4.23. The van der Waals surface area contributed by atoms with E-state index in [1.165, 1.54) is 6.08 Å². The highest BCUT2D eigenvalue weighted by Gasteiger charge is 2.04. The molecule has 1 rings (SSSR count). The Bertz CT molecular complexity index is 445. The van der Waals surface area contributed by atoms with Gasteiger partial charge in [0.05, 0.1) is 23.1 Å². The Hall–Kier alpha value is -1.60. The van der Waals surface area contributed by atoms with Gasteiger partial charge in [0.1, 0.15) is 0 Å². The third-order valence-corrected chi connectivity index (χ3v) is 2.88. The van der Waals surface area contributed by atoms with Crippen LogP contribution in [0, 0.1) is 11.3 Å². The summed E-state index contributed by atoms with van der Waals surface area (Å²) in [5, 5.41) is 8.67. The van der Waals surface area contributed by atoms with E-state index < -0.39 is 0 Å². The van der Waals surface area contributed by atoms with Crippen molar-refractivity contribution in [1.82, 2.24) is 0 Å². The highest BCUT2D eigenvalue weighted by Crippen LogP contribution is 2.24. The van der Waals surface area contributed by atoms with E-state index in [-0.39, 0.29) is 10.8 Å². The number of nitriles is 1. The highest BCUT2D eigenvalue weighted by molar-refractivity contribution is 9.09. The quantitative estimate of drug-likeness (QED) is 0.487. The SMILES string of the molecule is CCOC(=O)/C=C/C(Br)c1ccc(C#N)cc1. The molecule has 0 amide bonds. The van der Waals surface area contributed by atoms with E-state index in [9.17, 15) is 4.79 Å². The standard InChI is InChI=1S/C13H12BrNO2/c1-2-17-13(16)8-7-12(14)11-5-3-10(9-15)4-6-11/h3-8,12H,2H2,1H3/b8-7+. The maximum atomic E-state index is 11.1. The van der Waals surface area contributed by atoms with E-state index in [0.717, 1.165) is 5.56 Å². The van der Waals surface area contributed by atoms with Crippen molar-refractivity contribution < 1.29 is 9.53 Å². The van der Waals surface area contributed by atoms with Crippen LogP contribution >= 0.6 is 15.9 Å². The molecule has 0 spiro atoms. The zero-order valence-corrected chi connectivity index (χ0v) is 11.0. The molecule has 0 saturated heterocycles. The van der Waals surface area contributed by atoms with Crippen LogP contribution in [-0.4, -0.2) is 12.6 Å². The van der Waals surface area contributed by atoms with Crippen molar-refractivity contribution in [2.45, 2.75) is 11.8 Å². The zero-order chi connectivity index (χ0) is 12.7. The molecule has 0 aliphatic heterocycles. The molecule has 0 fully saturated rings. The number of benzene rings is 1. The Labute approximate surface area is 109 Å². The van der Waals surface area contributed by atoms with E-state index in [1.54, 1.807) is 25.1 Å². The van der Waals surface area contributed by atoms with Gasteiger partial charge in [-0.3, -0.25) is 0 Å². The predicted molar refractivity (Wildman–Crippen MR) is 68.6 cm³/mol. The Morgan fingerprint density at radius 1 is 1.53 bits per heavy atom. The molecule has 1 aromatic rings. The van der Waals surface area contributed by atoms with Gasteiger partial charge in [-0.05, 0) is 24.6 Å². The van der Waals surface area contributed by atoms with Crippen molar-refractivity contribution in [2.24, 2.45) is 0 Å². The number of halogens is 1. The molecule has 4 heteroatoms. The first-order valence-electron chi connectivity index (χ1n) is 5.16. The number of esters is 1. The third-order valence-electron chi connectivity index (χ3n) is 2.05. The van der Waals surface area contributed by atoms with Crippen LogP contribution < -0.4 is 0 Å². The Kier molecular flexibility index (Phi) is 5.44. The van der Waals surface area contributed by atoms with Crippen LogP contribution in [0.2, 0.25) is 0 Å². The number of alkyl halides is 1. The monoisotopic (exact) mass is 293 g/mol. The van der Waals surface area contributed by atoms with Crippen molar-refractivity contribution >= 4 is 21.9 Å². The summed E-state index contributed by atoms with van der Waals surface area (Å²) in [6.07, 6.45) is 3.10. The normalized spacial score (nSPS) is 12.1. The summed E-state index contributed by atoms with van der Waals surface area (Å²) in [4.78, 5) is 11.0. The minimum absolute atomic E-state index is 0.0698. The van der Waals surface area contributed by atoms with Crippen molar-refractivity contribution in [3.05, 3.63) is 47.5 Å². The van der Waals surface area contributed by atoms with Crippen LogP contribution in [0.4, 0.5) is 0 Å². The molecule has 0 aromatic heterocycles. The molecule has 0 radical (unpaired) electrons. The molecule has 0 N–H and O–H groups in total. The Morgan fingerprint density at radius 2 is 2.18 bits per heavy atom. The van der Waals surface area contributed by atoms with Gasteiger partial charge < -0.3 is 4.74 Å². The minimum atomic E-state index is -0.356. The first kappa shape index (κ1) is 13.5. The number of carbonyl (C=O) groups excluding carboxylic acids is 1. The van der Waals surface area contributed by atoms with E-state index in [4.69, 9.17) is 10.00 Å². The number of hydrogen-bond acceptors (Lipinski definition) is 3. The summed E-state index contributed by atoms with van der Waals surface area (Å²) in [6, 6.07) is 9.21. The average Bonchev–Trinajstić information content (AvgIpc) is 2.36. The molecule has 3 nitrogen and oxygen atoms in total. The summed E-state index contributed by atoms with van der Waals surface area (Å²) in [5.74, 6) is -0.356. The van der Waals surface area contributed by atoms with Crippen molar-refractivity contribution in [1.29, 1.82) is 5.26 Å². The van der Waals surface area contributed by atoms with Crippen LogP contribution in [0.25, 0.3) is 0 Å². The summed E-state index contributed by atoms with van der Waals surface area (Å²) < 4.78 is 4.78. The molecule has 0 aliphatic rings. The number of allylic oxidation sites excluding steroid dienone is 1. The van der Waals surface area contributed by atoms with Crippen LogP contribution in [0.1, 0.15) is 22.9 Å². The minimum Gasteiger partial charge on any atom is -0.463 e. The Morgan fingerprint density at radius 3 is 2.71 bits per heavy atom. The second-order valence-electron chi connectivity index (χ2n) is 3.25. The fraction of sp³-hybridized carbons (Fsp3) is 0.231. The van der Waals surface area contributed by atoms with E-state index in [2.05, 4.69) is 22.0 Å². The van der Waals surface area contributed by atoms with E-state index >= 15 is 0 Å². The van der Waals surface area contributed by atoms with Crippen LogP contribution in [0.5, 0.6) is 0 Å². The molecule has 0 bridgehead atoms. The molecule has 0 heterocycles. The van der Waals surface area contributed by atoms with Crippen molar-refractivity contribution in [3.8, 4) is 6.07 Å². The maximum Gasteiger partial charge on any atom is 0.330 e. The third kappa shape index (κ3) is 4.41. The van der Waals surface area contributed by atoms with Gasteiger partial charge in [0, 0.05) is 6.08 Å². The van der Waals surface area contributed by atoms with Gasteiger partial charge in [0.2, 0.25) is 0 Å². The molecule has 17 heavy (non-hydrogen) atoms. The maximum absolute atomic E-state index is 11.1. The van der Waals surface area contributed by atoms with Crippen molar-refractivity contribution in [2.75, 3.05) is 6.61 Å². The number of carbonyl (C=O) groups is 1. The number of ether oxygens (including phenoxy) is 1. The van der Waals surface area contributed by atoms with E-state index in [1.807, 2.05) is 12.1 Å². The van der Waals surface area contributed by atoms with Gasteiger partial charge in [-0.15, -0.1) is 0 Å². The predicted octanol–water partition coefficient (Wildman–Crippen LogP) is 3.11. The lowest BCUT2D eigenvalue weighted by Crippen LogP contribution is -1.99. The second kappa shape index (κ2) is 6.87. The lowest BCUT2D eigenvalue weighted by Gasteiger charge is -2.04. The summed E-state index contributed by atoms with van der Waals surface area (Å²) in [6.45, 7) is 2.13. The van der Waals surface area contributed by atoms with Gasteiger partial charge in [0.25, 0.3) is 0 Å². The molecule has 1 unspecified atom stereocenters. The smallest absolute Gasteiger partial charge is 0.330 e. The van der Waals surface area contributed by atoms with E-state index in [0.29, 0.717) is 12.2 Å². The van der Waals surface area contributed by atoms with Gasteiger partial charge >= 0.3 is 5.97 Å². The van der Waals surface area contributed by atoms with Crippen LogP contribution in [0.15, 0.2) is 36.4 Å². The lowest BCUT2D eigenvalue weighted by molar-refractivity contribution is -0.137. The van der Waals surface area contributed by atoms with Gasteiger partial charge in [-0.25, -0.2) is 4.79 Å². The number of rotatable bonds is 4. The highest BCUT2D eigenvalue weighted by atomic mass is 79.9. The summed E-state index contributed by atoms with van der Waals surface area (Å²) >= 11 is 3.43. The zero-order valence-electron chi connectivity index (χ0n) is 9.39. The molecule has 1 aromatic carbocycles. The summed E-state index contributed by atoms with van der Waals surface area (Å²) in [5.41, 5.74) is 1.59. The fourth-order valence-electron chi connectivity index (χ4n) is 1.21. The van der Waals surface area contributed by atoms with Gasteiger partial charge in [-0.2, -0.15) is 5.26 Å². The fourth-order valence-corrected chi connectivity index (χ4v) is 1.66. The lowest BCUT2D eigenvalue weighted by atomic mass is 10.1. The molecular formula is C13H12BrNO2. The molecular weight excluding hydrogens is 282 g/mol. The van der Waals surface area contributed by atoms with Crippen molar-refractivity contribution in [3.63, 3.8) is 0 Å². The first-order chi connectivity index (χ1) is 8.17. The molecule has 0 saturated carbocycles. The van der Waals surface area contributed by atoms with Crippen LogP contribution in [0.3, 0.4) is 0 Å². The number of nitrogens with zero attached hydrogens (tertiary/aromatic N) is 1. The molecule has 0 aliphatic carbocycles. The topological polar surface area (TPSA) is 50.1 Å². The first-order valence-corrected chi connectivity index (χ1v) is 6.08. The summed E-state index contributed by atoms with van der Waals surface area (Å²) in [7, 11) is 0. The van der Waals surface area contributed by atoms with Gasteiger partial charge in [-0.1, -0.05) is 34.1 Å². The largest absolute Gasteiger partial charge is 0.463 e. The number of hydrogen-bond donors (Lipinski definition) is 0. The Balaban J connectivity index is 2.66. The molecule has 88 valence electrons. The average molecular weight is 294 g/mol. The van der Waals surface area contributed by atoms with Gasteiger partial charge in [0.15, 0.2) is 0 Å². The van der Waals surface area contributed by atoms with Crippen LogP contribution in [-0.2, 0) is 9.53 Å².